The zero-order valence-electron chi connectivity index (χ0n) is 8.61. The Labute approximate surface area is 90.8 Å². The van der Waals surface area contributed by atoms with E-state index in [4.69, 9.17) is 5.73 Å². The van der Waals surface area contributed by atoms with Gasteiger partial charge in [0.15, 0.2) is 0 Å². The van der Waals surface area contributed by atoms with E-state index < -0.39 is 5.97 Å². The maximum Gasteiger partial charge on any atom is 0.337 e. The molecule has 0 radical (unpaired) electrons. The first kappa shape index (κ1) is 10.2. The summed E-state index contributed by atoms with van der Waals surface area (Å²) in [4.78, 5) is 25.8. The number of fused-ring (bicyclic) bond motifs is 1. The monoisotopic (exact) mass is 218 g/mol. The Morgan fingerprint density at radius 2 is 2.19 bits per heavy atom. The SMILES string of the molecule is COC(=O)c1ccc2[nH]cc(N)c(=O)c2c1. The fourth-order valence-electron chi connectivity index (χ4n) is 1.48. The first-order valence-electron chi connectivity index (χ1n) is 4.62. The molecule has 0 aliphatic carbocycles. The van der Waals surface area contributed by atoms with E-state index in [2.05, 4.69) is 9.72 Å². The number of carbonyl (C=O) groups excluding carboxylic acids is 1. The second kappa shape index (κ2) is 3.69. The van der Waals surface area contributed by atoms with E-state index in [9.17, 15) is 9.59 Å². The highest BCUT2D eigenvalue weighted by atomic mass is 16.5. The van der Waals surface area contributed by atoms with Crippen LogP contribution in [0.5, 0.6) is 0 Å². The molecule has 0 saturated heterocycles. The number of benzene rings is 1. The number of hydrogen-bond acceptors (Lipinski definition) is 4. The predicted octanol–water partition coefficient (Wildman–Crippen LogP) is 0.897. The van der Waals surface area contributed by atoms with Crippen molar-refractivity contribution in [1.29, 1.82) is 0 Å². The molecule has 1 aromatic heterocycles. The molecule has 0 fully saturated rings. The summed E-state index contributed by atoms with van der Waals surface area (Å²) >= 11 is 0. The van der Waals surface area contributed by atoms with Gasteiger partial charge in [0, 0.05) is 17.1 Å². The number of nitrogens with one attached hydrogen (secondary N) is 1. The average molecular weight is 218 g/mol. The maximum atomic E-state index is 11.7. The molecule has 0 amide bonds. The van der Waals surface area contributed by atoms with Gasteiger partial charge >= 0.3 is 5.97 Å². The molecule has 0 aliphatic heterocycles. The number of aromatic amines is 1. The van der Waals surface area contributed by atoms with Crippen molar-refractivity contribution in [3.05, 3.63) is 40.2 Å². The number of rotatable bonds is 1. The van der Waals surface area contributed by atoms with Gasteiger partial charge in [0.1, 0.15) is 0 Å². The van der Waals surface area contributed by atoms with Crippen LogP contribution in [0.3, 0.4) is 0 Å². The van der Waals surface area contributed by atoms with Crippen molar-refractivity contribution in [2.24, 2.45) is 0 Å². The normalized spacial score (nSPS) is 10.3. The highest BCUT2D eigenvalue weighted by Gasteiger charge is 2.08. The number of nitrogens with two attached hydrogens (primary N) is 1. The quantitative estimate of drug-likeness (QED) is 0.696. The molecule has 3 N–H and O–H groups in total. The van der Waals surface area contributed by atoms with E-state index in [-0.39, 0.29) is 11.1 Å². The van der Waals surface area contributed by atoms with E-state index in [1.165, 1.54) is 19.4 Å². The molecule has 1 aromatic carbocycles. The minimum absolute atomic E-state index is 0.120. The number of H-pyrrole nitrogens is 1. The van der Waals surface area contributed by atoms with Gasteiger partial charge in [-0.15, -0.1) is 0 Å². The molecule has 1 heterocycles. The van der Waals surface area contributed by atoms with Gasteiger partial charge in [-0.05, 0) is 18.2 Å². The smallest absolute Gasteiger partial charge is 0.337 e. The largest absolute Gasteiger partial charge is 0.465 e. The summed E-state index contributed by atoms with van der Waals surface area (Å²) in [6.45, 7) is 0. The molecule has 0 saturated carbocycles. The number of pyridine rings is 1. The van der Waals surface area contributed by atoms with Crippen molar-refractivity contribution in [3.63, 3.8) is 0 Å². The molecule has 0 aliphatic rings. The predicted molar refractivity (Wildman–Crippen MR) is 60.3 cm³/mol. The number of hydrogen-bond donors (Lipinski definition) is 2. The number of aromatic nitrogens is 1. The van der Waals surface area contributed by atoms with Crippen molar-refractivity contribution >= 4 is 22.6 Å². The van der Waals surface area contributed by atoms with Crippen molar-refractivity contribution in [3.8, 4) is 0 Å². The van der Waals surface area contributed by atoms with Crippen LogP contribution in [0.1, 0.15) is 10.4 Å². The highest BCUT2D eigenvalue weighted by Crippen LogP contribution is 2.12. The number of nitrogen functional groups attached to an aromatic ring is 1. The van der Waals surface area contributed by atoms with Gasteiger partial charge in [0.2, 0.25) is 5.43 Å². The minimum atomic E-state index is -0.483. The number of anilines is 1. The van der Waals surface area contributed by atoms with Crippen molar-refractivity contribution in [2.75, 3.05) is 12.8 Å². The highest BCUT2D eigenvalue weighted by molar-refractivity contribution is 5.94. The molecule has 0 bridgehead atoms. The molecule has 0 spiro atoms. The van der Waals surface area contributed by atoms with Crippen LogP contribution >= 0.6 is 0 Å². The number of methoxy groups -OCH3 is 1. The molecule has 0 atom stereocenters. The van der Waals surface area contributed by atoms with Gasteiger partial charge in [-0.3, -0.25) is 4.79 Å². The van der Waals surface area contributed by atoms with E-state index in [1.54, 1.807) is 12.1 Å². The number of esters is 1. The maximum absolute atomic E-state index is 11.7. The lowest BCUT2D eigenvalue weighted by atomic mass is 10.1. The molecule has 0 unspecified atom stereocenters. The van der Waals surface area contributed by atoms with Gasteiger partial charge < -0.3 is 15.5 Å². The molecular formula is C11H10N2O3. The molecule has 82 valence electrons. The van der Waals surface area contributed by atoms with E-state index in [0.717, 1.165) is 0 Å². The zero-order valence-corrected chi connectivity index (χ0v) is 8.61. The Morgan fingerprint density at radius 1 is 1.44 bits per heavy atom. The van der Waals surface area contributed by atoms with Gasteiger partial charge in [0.05, 0.1) is 18.4 Å². The second-order valence-electron chi connectivity index (χ2n) is 3.33. The number of carbonyl (C=O) groups is 1. The van der Waals surface area contributed by atoms with Crippen LogP contribution in [0.25, 0.3) is 10.9 Å². The summed E-state index contributed by atoms with van der Waals surface area (Å²) in [5, 5.41) is 0.378. The van der Waals surface area contributed by atoms with Gasteiger partial charge in [-0.25, -0.2) is 4.79 Å². The van der Waals surface area contributed by atoms with Crippen LogP contribution in [-0.2, 0) is 4.74 Å². The summed E-state index contributed by atoms with van der Waals surface area (Å²) < 4.78 is 4.57. The van der Waals surface area contributed by atoms with E-state index in [1.807, 2.05) is 0 Å². The second-order valence-corrected chi connectivity index (χ2v) is 3.33. The van der Waals surface area contributed by atoms with Crippen LogP contribution in [0.15, 0.2) is 29.2 Å². The fourth-order valence-corrected chi connectivity index (χ4v) is 1.48. The molecule has 2 rings (SSSR count). The lowest BCUT2D eigenvalue weighted by Gasteiger charge is -2.02. The summed E-state index contributed by atoms with van der Waals surface area (Å²) in [6, 6.07) is 4.69. The summed E-state index contributed by atoms with van der Waals surface area (Å²) in [7, 11) is 1.29. The number of ether oxygens (including phenoxy) is 1. The Hall–Kier alpha value is -2.30. The first-order chi connectivity index (χ1) is 7.63. The van der Waals surface area contributed by atoms with Gasteiger partial charge in [0.25, 0.3) is 0 Å². The lowest BCUT2D eigenvalue weighted by Crippen LogP contribution is -2.10. The fraction of sp³-hybridized carbons (Fsp3) is 0.0909. The summed E-state index contributed by atoms with van der Waals surface area (Å²) in [6.07, 6.45) is 1.43. The van der Waals surface area contributed by atoms with Crippen LogP contribution < -0.4 is 11.2 Å². The van der Waals surface area contributed by atoms with Gasteiger partial charge in [-0.1, -0.05) is 0 Å². The molecule has 5 nitrogen and oxygen atoms in total. The van der Waals surface area contributed by atoms with Crippen LogP contribution in [-0.4, -0.2) is 18.1 Å². The average Bonchev–Trinajstić information content (AvgIpc) is 2.32. The Bertz CT molecular complexity index is 616. The van der Waals surface area contributed by atoms with Crippen LogP contribution in [0.2, 0.25) is 0 Å². The third kappa shape index (κ3) is 1.52. The molecular weight excluding hydrogens is 208 g/mol. The third-order valence-electron chi connectivity index (χ3n) is 2.33. The Morgan fingerprint density at radius 3 is 2.88 bits per heavy atom. The molecule has 16 heavy (non-hydrogen) atoms. The van der Waals surface area contributed by atoms with Crippen molar-refractivity contribution in [1.82, 2.24) is 4.98 Å². The first-order valence-corrected chi connectivity index (χ1v) is 4.62. The van der Waals surface area contributed by atoms with Gasteiger partial charge in [-0.2, -0.15) is 0 Å². The standard InChI is InChI=1S/C11H10N2O3/c1-16-11(15)6-2-3-9-7(4-6)10(14)8(12)5-13-9/h2-5H,12H2,1H3,(H,13,14). The Kier molecular flexibility index (Phi) is 2.36. The summed E-state index contributed by atoms with van der Waals surface area (Å²) in [5.74, 6) is -0.483. The van der Waals surface area contributed by atoms with E-state index in [0.29, 0.717) is 16.5 Å². The zero-order chi connectivity index (χ0) is 11.7. The van der Waals surface area contributed by atoms with Crippen molar-refractivity contribution in [2.45, 2.75) is 0 Å². The van der Waals surface area contributed by atoms with E-state index >= 15 is 0 Å². The Balaban J connectivity index is 2.74. The topological polar surface area (TPSA) is 85.2 Å². The minimum Gasteiger partial charge on any atom is -0.465 e. The molecule has 5 heteroatoms. The van der Waals surface area contributed by atoms with Crippen molar-refractivity contribution < 1.29 is 9.53 Å². The third-order valence-corrected chi connectivity index (χ3v) is 2.33. The summed E-state index contributed by atoms with van der Waals surface area (Å²) in [5.41, 5.74) is 6.27. The van der Waals surface area contributed by atoms with Crippen LogP contribution in [0, 0.1) is 0 Å². The van der Waals surface area contributed by atoms with Crippen LogP contribution in [0.4, 0.5) is 5.69 Å². The lowest BCUT2D eigenvalue weighted by molar-refractivity contribution is 0.0601. The molecule has 2 aromatic rings.